The van der Waals surface area contributed by atoms with Gasteiger partial charge in [-0.05, 0) is 31.9 Å². The number of allylic oxidation sites excluding steroid dienone is 2. The molecule has 4 heteroatoms. The Morgan fingerprint density at radius 3 is 1.95 bits per heavy atom. The van der Waals surface area contributed by atoms with Crippen LogP contribution in [0, 0.1) is 17.8 Å². The third kappa shape index (κ3) is 3.56. The first kappa shape index (κ1) is 16.3. The zero-order valence-corrected chi connectivity index (χ0v) is 13.2. The Kier molecular flexibility index (Phi) is 5.36. The first-order valence-electron chi connectivity index (χ1n) is 7.67. The summed E-state index contributed by atoms with van der Waals surface area (Å²) in [5.74, 6) is -1.61. The second-order valence-corrected chi connectivity index (χ2v) is 5.35. The lowest BCUT2D eigenvalue weighted by molar-refractivity contribution is -0.150. The molecule has 0 amide bonds. The van der Waals surface area contributed by atoms with E-state index in [-0.39, 0.29) is 17.9 Å². The van der Waals surface area contributed by atoms with Gasteiger partial charge in [0.05, 0.1) is 25.0 Å². The molecule has 0 N–H and O–H groups in total. The van der Waals surface area contributed by atoms with Gasteiger partial charge >= 0.3 is 11.9 Å². The maximum absolute atomic E-state index is 12.0. The maximum Gasteiger partial charge on any atom is 0.310 e. The van der Waals surface area contributed by atoms with E-state index >= 15 is 0 Å². The van der Waals surface area contributed by atoms with Gasteiger partial charge in [-0.25, -0.2) is 0 Å². The summed E-state index contributed by atoms with van der Waals surface area (Å²) < 4.78 is 10.1. The van der Waals surface area contributed by atoms with Crippen molar-refractivity contribution in [2.45, 2.75) is 20.8 Å². The molecular formula is C18H22O4. The Bertz CT molecular complexity index is 538. The highest BCUT2D eigenvalue weighted by atomic mass is 16.5. The SMILES string of the molecule is CCOC(=O)C1C(/C=C(/C)c2ccccc2)C1C(=O)OCC. The third-order valence-corrected chi connectivity index (χ3v) is 3.86. The molecule has 4 nitrogen and oxygen atoms in total. The average molecular weight is 302 g/mol. The average Bonchev–Trinajstić information content (AvgIpc) is 3.22. The molecule has 2 unspecified atom stereocenters. The third-order valence-electron chi connectivity index (χ3n) is 3.86. The van der Waals surface area contributed by atoms with Gasteiger partial charge in [-0.2, -0.15) is 0 Å². The van der Waals surface area contributed by atoms with E-state index in [1.807, 2.05) is 43.3 Å². The Morgan fingerprint density at radius 1 is 1.00 bits per heavy atom. The molecule has 1 aromatic rings. The minimum absolute atomic E-state index is 0.140. The minimum Gasteiger partial charge on any atom is -0.466 e. The van der Waals surface area contributed by atoms with Crippen molar-refractivity contribution in [3.05, 3.63) is 42.0 Å². The molecule has 0 radical (unpaired) electrons. The van der Waals surface area contributed by atoms with Gasteiger partial charge in [0.15, 0.2) is 0 Å². The normalized spacial score (nSPS) is 23.8. The monoisotopic (exact) mass is 302 g/mol. The number of esters is 2. The Hall–Kier alpha value is -2.10. The second kappa shape index (κ2) is 7.25. The van der Waals surface area contributed by atoms with Crippen molar-refractivity contribution in [2.75, 3.05) is 13.2 Å². The molecule has 118 valence electrons. The first-order valence-corrected chi connectivity index (χ1v) is 7.67. The Labute approximate surface area is 131 Å². The Balaban J connectivity index is 2.16. The van der Waals surface area contributed by atoms with Gasteiger partial charge in [0.25, 0.3) is 0 Å². The summed E-state index contributed by atoms with van der Waals surface area (Å²) in [5, 5.41) is 0. The fraction of sp³-hybridized carbons (Fsp3) is 0.444. The van der Waals surface area contributed by atoms with Crippen molar-refractivity contribution in [1.82, 2.24) is 0 Å². The van der Waals surface area contributed by atoms with Crippen LogP contribution in [0.5, 0.6) is 0 Å². The molecule has 2 rings (SSSR count). The van der Waals surface area contributed by atoms with Crippen LogP contribution >= 0.6 is 0 Å². The summed E-state index contributed by atoms with van der Waals surface area (Å²) in [6, 6.07) is 9.90. The lowest BCUT2D eigenvalue weighted by Gasteiger charge is -2.01. The predicted molar refractivity (Wildman–Crippen MR) is 83.8 cm³/mol. The van der Waals surface area contributed by atoms with Gasteiger partial charge in [0.2, 0.25) is 0 Å². The summed E-state index contributed by atoms with van der Waals surface area (Å²) in [6.07, 6.45) is 1.98. The van der Waals surface area contributed by atoms with E-state index in [0.717, 1.165) is 11.1 Å². The molecule has 0 aliphatic heterocycles. The summed E-state index contributed by atoms with van der Waals surface area (Å²) in [5.41, 5.74) is 2.13. The minimum atomic E-state index is -0.419. The molecule has 1 aromatic carbocycles. The van der Waals surface area contributed by atoms with Crippen LogP contribution in [-0.4, -0.2) is 25.2 Å². The zero-order chi connectivity index (χ0) is 16.1. The van der Waals surface area contributed by atoms with Crippen molar-refractivity contribution in [2.24, 2.45) is 17.8 Å². The smallest absolute Gasteiger partial charge is 0.310 e. The molecule has 1 aliphatic rings. The number of benzene rings is 1. The van der Waals surface area contributed by atoms with Gasteiger partial charge in [0.1, 0.15) is 0 Å². The number of carbonyl (C=O) groups excluding carboxylic acids is 2. The number of rotatable bonds is 6. The van der Waals surface area contributed by atoms with Crippen molar-refractivity contribution >= 4 is 17.5 Å². The fourth-order valence-electron chi connectivity index (χ4n) is 2.71. The van der Waals surface area contributed by atoms with Crippen LogP contribution in [0.2, 0.25) is 0 Å². The summed E-state index contributed by atoms with van der Waals surface area (Å²) >= 11 is 0. The molecule has 1 aliphatic carbocycles. The molecule has 0 saturated heterocycles. The summed E-state index contributed by atoms with van der Waals surface area (Å²) in [4.78, 5) is 24.0. The highest BCUT2D eigenvalue weighted by Crippen LogP contribution is 2.50. The molecule has 2 atom stereocenters. The van der Waals surface area contributed by atoms with Gasteiger partial charge in [0, 0.05) is 5.92 Å². The Morgan fingerprint density at radius 2 is 1.50 bits per heavy atom. The van der Waals surface area contributed by atoms with Crippen molar-refractivity contribution in [3.63, 3.8) is 0 Å². The quantitative estimate of drug-likeness (QED) is 0.758. The summed E-state index contributed by atoms with van der Waals surface area (Å²) in [6.45, 7) is 6.15. The highest BCUT2D eigenvalue weighted by molar-refractivity contribution is 5.89. The van der Waals surface area contributed by atoms with Crippen LogP contribution < -0.4 is 0 Å². The van der Waals surface area contributed by atoms with Gasteiger partial charge in [-0.15, -0.1) is 0 Å². The van der Waals surface area contributed by atoms with Crippen molar-refractivity contribution in [1.29, 1.82) is 0 Å². The first-order chi connectivity index (χ1) is 10.6. The van der Waals surface area contributed by atoms with Crippen LogP contribution in [0.15, 0.2) is 36.4 Å². The predicted octanol–water partition coefficient (Wildman–Crippen LogP) is 3.08. The van der Waals surface area contributed by atoms with Crippen LogP contribution in [0.25, 0.3) is 5.57 Å². The molecule has 22 heavy (non-hydrogen) atoms. The van der Waals surface area contributed by atoms with Crippen LogP contribution in [-0.2, 0) is 19.1 Å². The molecular weight excluding hydrogens is 280 g/mol. The number of carbonyl (C=O) groups is 2. The van der Waals surface area contributed by atoms with Crippen molar-refractivity contribution < 1.29 is 19.1 Å². The zero-order valence-electron chi connectivity index (χ0n) is 13.2. The van der Waals surface area contributed by atoms with E-state index in [4.69, 9.17) is 9.47 Å². The van der Waals surface area contributed by atoms with Crippen LogP contribution in [0.3, 0.4) is 0 Å². The standard InChI is InChI=1S/C18H22O4/c1-4-21-17(19)15-14(16(15)18(20)22-5-2)11-12(3)13-9-7-6-8-10-13/h6-11,14-16H,4-5H2,1-3H3/b12-11-. The second-order valence-electron chi connectivity index (χ2n) is 5.35. The molecule has 0 bridgehead atoms. The maximum atomic E-state index is 12.0. The van der Waals surface area contributed by atoms with E-state index in [2.05, 4.69) is 0 Å². The van der Waals surface area contributed by atoms with E-state index < -0.39 is 11.8 Å². The molecule has 0 aromatic heterocycles. The van der Waals surface area contributed by atoms with E-state index in [1.165, 1.54) is 0 Å². The lowest BCUT2D eigenvalue weighted by Crippen LogP contribution is -2.13. The van der Waals surface area contributed by atoms with Gasteiger partial charge < -0.3 is 9.47 Å². The van der Waals surface area contributed by atoms with Crippen LogP contribution in [0.4, 0.5) is 0 Å². The number of hydrogen-bond acceptors (Lipinski definition) is 4. The van der Waals surface area contributed by atoms with E-state index in [0.29, 0.717) is 13.2 Å². The van der Waals surface area contributed by atoms with E-state index in [1.54, 1.807) is 13.8 Å². The van der Waals surface area contributed by atoms with Crippen molar-refractivity contribution in [3.8, 4) is 0 Å². The molecule has 0 spiro atoms. The number of ether oxygens (including phenoxy) is 2. The van der Waals surface area contributed by atoms with E-state index in [9.17, 15) is 9.59 Å². The topological polar surface area (TPSA) is 52.6 Å². The fourth-order valence-corrected chi connectivity index (χ4v) is 2.71. The van der Waals surface area contributed by atoms with Gasteiger partial charge in [-0.1, -0.05) is 36.4 Å². The van der Waals surface area contributed by atoms with Crippen LogP contribution in [0.1, 0.15) is 26.3 Å². The largest absolute Gasteiger partial charge is 0.466 e. The molecule has 0 heterocycles. The molecule has 1 fully saturated rings. The highest BCUT2D eigenvalue weighted by Gasteiger charge is 2.59. The molecule has 1 saturated carbocycles. The lowest BCUT2D eigenvalue weighted by atomic mass is 10.1. The number of hydrogen-bond donors (Lipinski definition) is 0. The van der Waals surface area contributed by atoms with Gasteiger partial charge in [-0.3, -0.25) is 9.59 Å². The summed E-state index contributed by atoms with van der Waals surface area (Å²) in [7, 11) is 0.